The number of imidazole rings is 1. The Morgan fingerprint density at radius 1 is 1.10 bits per heavy atom. The highest BCUT2D eigenvalue weighted by molar-refractivity contribution is 5.96. The Morgan fingerprint density at radius 2 is 1.86 bits per heavy atom. The molecule has 0 spiro atoms. The second-order valence-corrected chi connectivity index (χ2v) is 7.65. The molecule has 2 aromatic carbocycles. The van der Waals surface area contributed by atoms with Crippen LogP contribution >= 0.6 is 0 Å². The standard InChI is InChI=1S/C22H26N4O3/c1-5-26-18-12-7-6-11-17(18)25-19(26)14-23-20(27)15-9-8-10-16(13-15)24-21(28)29-22(2,3)4/h6-13H,5,14H2,1-4H3,(H,23,27)(H,24,28). The molecule has 29 heavy (non-hydrogen) atoms. The minimum atomic E-state index is -0.593. The van der Waals surface area contributed by atoms with Gasteiger partial charge in [-0.25, -0.2) is 9.78 Å². The van der Waals surface area contributed by atoms with Crippen LogP contribution in [0.15, 0.2) is 48.5 Å². The third-order valence-electron chi connectivity index (χ3n) is 4.23. The van der Waals surface area contributed by atoms with Gasteiger partial charge in [-0.3, -0.25) is 10.1 Å². The molecule has 2 N–H and O–H groups in total. The van der Waals surface area contributed by atoms with E-state index in [9.17, 15) is 9.59 Å². The summed E-state index contributed by atoms with van der Waals surface area (Å²) in [6.07, 6.45) is -0.563. The number of carbonyl (C=O) groups is 2. The minimum absolute atomic E-state index is 0.243. The largest absolute Gasteiger partial charge is 0.444 e. The maximum Gasteiger partial charge on any atom is 0.412 e. The number of amides is 2. The fraction of sp³-hybridized carbons (Fsp3) is 0.318. The summed E-state index contributed by atoms with van der Waals surface area (Å²) in [7, 11) is 0. The van der Waals surface area contributed by atoms with Crippen LogP contribution in [0.3, 0.4) is 0 Å². The summed E-state index contributed by atoms with van der Waals surface area (Å²) < 4.78 is 7.32. The zero-order chi connectivity index (χ0) is 21.0. The van der Waals surface area contributed by atoms with Crippen LogP contribution < -0.4 is 10.6 Å². The Kier molecular flexibility index (Phi) is 5.87. The number of fused-ring (bicyclic) bond motifs is 1. The second-order valence-electron chi connectivity index (χ2n) is 7.65. The van der Waals surface area contributed by atoms with Gasteiger partial charge in [0, 0.05) is 17.8 Å². The number of rotatable bonds is 5. The summed E-state index contributed by atoms with van der Waals surface area (Å²) in [6, 6.07) is 14.6. The first kappa shape index (κ1) is 20.4. The molecule has 152 valence electrons. The summed E-state index contributed by atoms with van der Waals surface area (Å²) in [5.74, 6) is 0.553. The van der Waals surface area contributed by atoms with Crippen LogP contribution in [0.4, 0.5) is 10.5 Å². The smallest absolute Gasteiger partial charge is 0.412 e. The van der Waals surface area contributed by atoms with Gasteiger partial charge in [0.25, 0.3) is 5.91 Å². The number of nitrogens with one attached hydrogen (secondary N) is 2. The van der Waals surface area contributed by atoms with Gasteiger partial charge in [0.15, 0.2) is 0 Å². The molecule has 2 amide bonds. The van der Waals surface area contributed by atoms with Crippen LogP contribution in [0.5, 0.6) is 0 Å². The average molecular weight is 394 g/mol. The summed E-state index contributed by atoms with van der Waals surface area (Å²) in [6.45, 7) is 8.50. The summed E-state index contributed by atoms with van der Waals surface area (Å²) in [5.41, 5.74) is 2.29. The molecule has 7 nitrogen and oxygen atoms in total. The number of aryl methyl sites for hydroxylation is 1. The number of ether oxygens (including phenoxy) is 1. The molecule has 3 aromatic rings. The van der Waals surface area contributed by atoms with Crippen molar-refractivity contribution in [2.24, 2.45) is 0 Å². The van der Waals surface area contributed by atoms with Gasteiger partial charge in [-0.1, -0.05) is 18.2 Å². The monoisotopic (exact) mass is 394 g/mol. The van der Waals surface area contributed by atoms with Crippen molar-refractivity contribution in [3.8, 4) is 0 Å². The third kappa shape index (κ3) is 5.13. The molecule has 0 aliphatic rings. The first-order valence-electron chi connectivity index (χ1n) is 9.59. The number of hydrogen-bond acceptors (Lipinski definition) is 4. The van der Waals surface area contributed by atoms with Crippen LogP contribution in [-0.4, -0.2) is 27.2 Å². The Bertz CT molecular complexity index is 1030. The summed E-state index contributed by atoms with van der Waals surface area (Å²) >= 11 is 0. The van der Waals surface area contributed by atoms with Crippen LogP contribution in [-0.2, 0) is 17.8 Å². The number of carbonyl (C=O) groups excluding carboxylic acids is 2. The van der Waals surface area contributed by atoms with Crippen molar-refractivity contribution < 1.29 is 14.3 Å². The van der Waals surface area contributed by atoms with E-state index in [0.29, 0.717) is 17.8 Å². The highest BCUT2D eigenvalue weighted by Gasteiger charge is 2.17. The quantitative estimate of drug-likeness (QED) is 0.674. The van der Waals surface area contributed by atoms with Crippen LogP contribution in [0.25, 0.3) is 11.0 Å². The van der Waals surface area contributed by atoms with E-state index in [2.05, 4.69) is 20.2 Å². The number of para-hydroxylation sites is 2. The zero-order valence-electron chi connectivity index (χ0n) is 17.2. The fourth-order valence-corrected chi connectivity index (χ4v) is 3.03. The molecule has 0 fully saturated rings. The SMILES string of the molecule is CCn1c(CNC(=O)c2cccc(NC(=O)OC(C)(C)C)c2)nc2ccccc21. The highest BCUT2D eigenvalue weighted by Crippen LogP contribution is 2.17. The van der Waals surface area contributed by atoms with Gasteiger partial charge >= 0.3 is 6.09 Å². The second kappa shape index (κ2) is 8.34. The van der Waals surface area contributed by atoms with Gasteiger partial charge in [0.1, 0.15) is 11.4 Å². The van der Waals surface area contributed by atoms with Gasteiger partial charge in [-0.05, 0) is 58.0 Å². The van der Waals surface area contributed by atoms with Crippen molar-refractivity contribution in [3.05, 3.63) is 59.9 Å². The zero-order valence-corrected chi connectivity index (χ0v) is 17.2. The van der Waals surface area contributed by atoms with Gasteiger partial charge in [0.05, 0.1) is 17.6 Å². The molecule has 0 saturated heterocycles. The van der Waals surface area contributed by atoms with E-state index < -0.39 is 11.7 Å². The average Bonchev–Trinajstić information content (AvgIpc) is 3.02. The molecule has 0 saturated carbocycles. The lowest BCUT2D eigenvalue weighted by atomic mass is 10.2. The molecule has 0 aliphatic heterocycles. The predicted molar refractivity (Wildman–Crippen MR) is 113 cm³/mol. The van der Waals surface area contributed by atoms with Gasteiger partial charge in [-0.15, -0.1) is 0 Å². The van der Waals surface area contributed by atoms with Gasteiger partial charge in [0.2, 0.25) is 0 Å². The van der Waals surface area contributed by atoms with E-state index in [1.54, 1.807) is 45.0 Å². The molecular formula is C22H26N4O3. The lowest BCUT2D eigenvalue weighted by Gasteiger charge is -2.19. The van der Waals surface area contributed by atoms with Crippen LogP contribution in [0.1, 0.15) is 43.9 Å². The molecule has 0 atom stereocenters. The Hall–Kier alpha value is -3.35. The molecule has 7 heteroatoms. The van der Waals surface area contributed by atoms with Crippen molar-refractivity contribution >= 4 is 28.7 Å². The van der Waals surface area contributed by atoms with E-state index in [1.807, 2.05) is 31.2 Å². The van der Waals surface area contributed by atoms with E-state index in [4.69, 9.17) is 4.74 Å². The summed E-state index contributed by atoms with van der Waals surface area (Å²) in [4.78, 5) is 29.2. The summed E-state index contributed by atoms with van der Waals surface area (Å²) in [5, 5.41) is 5.55. The fourth-order valence-electron chi connectivity index (χ4n) is 3.03. The molecular weight excluding hydrogens is 368 g/mol. The van der Waals surface area contributed by atoms with Crippen LogP contribution in [0.2, 0.25) is 0 Å². The third-order valence-corrected chi connectivity index (χ3v) is 4.23. The topological polar surface area (TPSA) is 85.2 Å². The molecule has 3 rings (SSSR count). The van der Waals surface area contributed by atoms with Gasteiger partial charge < -0.3 is 14.6 Å². The van der Waals surface area contributed by atoms with E-state index in [0.717, 1.165) is 23.4 Å². The number of aromatic nitrogens is 2. The maximum atomic E-state index is 12.6. The van der Waals surface area contributed by atoms with Crippen molar-refractivity contribution in [2.75, 3.05) is 5.32 Å². The van der Waals surface area contributed by atoms with Crippen molar-refractivity contribution in [3.63, 3.8) is 0 Å². The Labute approximate surface area is 170 Å². The molecule has 0 unspecified atom stereocenters. The predicted octanol–water partition coefficient (Wildman–Crippen LogP) is 4.33. The number of anilines is 1. The first-order valence-corrected chi connectivity index (χ1v) is 9.59. The number of hydrogen-bond donors (Lipinski definition) is 2. The van der Waals surface area contributed by atoms with Crippen LogP contribution in [0, 0.1) is 0 Å². The Morgan fingerprint density at radius 3 is 2.59 bits per heavy atom. The molecule has 1 heterocycles. The van der Waals surface area contributed by atoms with E-state index in [-0.39, 0.29) is 5.91 Å². The van der Waals surface area contributed by atoms with Crippen molar-refractivity contribution in [1.82, 2.24) is 14.9 Å². The molecule has 0 radical (unpaired) electrons. The van der Waals surface area contributed by atoms with E-state index >= 15 is 0 Å². The van der Waals surface area contributed by atoms with Crippen molar-refractivity contribution in [2.45, 2.75) is 46.4 Å². The van der Waals surface area contributed by atoms with Gasteiger partial charge in [-0.2, -0.15) is 0 Å². The minimum Gasteiger partial charge on any atom is -0.444 e. The first-order chi connectivity index (χ1) is 13.8. The van der Waals surface area contributed by atoms with E-state index in [1.165, 1.54) is 0 Å². The Balaban J connectivity index is 1.68. The number of nitrogens with zero attached hydrogens (tertiary/aromatic N) is 2. The van der Waals surface area contributed by atoms with Crippen molar-refractivity contribution in [1.29, 1.82) is 0 Å². The molecule has 1 aromatic heterocycles. The molecule has 0 bridgehead atoms. The maximum absolute atomic E-state index is 12.6. The normalized spacial score (nSPS) is 11.3. The highest BCUT2D eigenvalue weighted by atomic mass is 16.6. The molecule has 0 aliphatic carbocycles. The number of benzene rings is 2. The lowest BCUT2D eigenvalue weighted by Crippen LogP contribution is -2.27. The lowest BCUT2D eigenvalue weighted by molar-refractivity contribution is 0.0635.